The minimum atomic E-state index is 0.866. The van der Waals surface area contributed by atoms with Crippen molar-refractivity contribution in [1.29, 1.82) is 0 Å². The summed E-state index contributed by atoms with van der Waals surface area (Å²) >= 11 is 0. The molecule has 0 saturated heterocycles. The lowest BCUT2D eigenvalue weighted by molar-refractivity contribution is 0.548. The Hall–Kier alpha value is -1.77. The van der Waals surface area contributed by atoms with Gasteiger partial charge in [0.25, 0.3) is 0 Å². The number of aryl methyl sites for hydroxylation is 1. The topological polar surface area (TPSA) is 29.3 Å². The minimum absolute atomic E-state index is 0.866. The van der Waals surface area contributed by atoms with Crippen LogP contribution in [0.25, 0.3) is 11.3 Å². The molecular weight excluding hydrogens is 188 g/mol. The highest BCUT2D eigenvalue weighted by molar-refractivity contribution is 5.58. The molecule has 0 amide bonds. The Morgan fingerprint density at radius 2 is 1.93 bits per heavy atom. The molecule has 78 valence electrons. The van der Waals surface area contributed by atoms with Gasteiger partial charge in [-0.05, 0) is 31.2 Å². The maximum atomic E-state index is 5.52. The Balaban J connectivity index is 2.31. The summed E-state index contributed by atoms with van der Waals surface area (Å²) < 4.78 is 5.52. The largest absolute Gasteiger partial charge is 0.461 e. The van der Waals surface area contributed by atoms with E-state index in [1.807, 2.05) is 56.4 Å². The molecule has 2 aromatic rings. The van der Waals surface area contributed by atoms with E-state index in [0.29, 0.717) is 0 Å². The van der Waals surface area contributed by atoms with Gasteiger partial charge in [-0.25, -0.2) is 4.98 Å². The van der Waals surface area contributed by atoms with Crippen molar-refractivity contribution < 1.29 is 4.42 Å². The monoisotopic (exact) mass is 202 g/mol. The van der Waals surface area contributed by atoms with Crippen LogP contribution in [0.4, 0.5) is 5.82 Å². The zero-order valence-electron chi connectivity index (χ0n) is 9.19. The van der Waals surface area contributed by atoms with Gasteiger partial charge in [0.05, 0.1) is 0 Å². The molecule has 0 aromatic carbocycles. The maximum absolute atomic E-state index is 5.52. The number of rotatable bonds is 2. The first kappa shape index (κ1) is 9.77. The SMILES string of the molecule is Cc1ccc(-c2ccc(N(C)C)nc2)o1. The van der Waals surface area contributed by atoms with Crippen LogP contribution in [0.1, 0.15) is 5.76 Å². The first-order valence-corrected chi connectivity index (χ1v) is 4.87. The number of pyridine rings is 1. The van der Waals surface area contributed by atoms with Crippen molar-refractivity contribution in [2.24, 2.45) is 0 Å². The number of anilines is 1. The smallest absolute Gasteiger partial charge is 0.135 e. The van der Waals surface area contributed by atoms with E-state index in [9.17, 15) is 0 Å². The van der Waals surface area contributed by atoms with E-state index in [1.54, 1.807) is 0 Å². The summed E-state index contributed by atoms with van der Waals surface area (Å²) in [4.78, 5) is 6.30. The fourth-order valence-corrected chi connectivity index (χ4v) is 1.39. The van der Waals surface area contributed by atoms with Crippen LogP contribution in [0.5, 0.6) is 0 Å². The minimum Gasteiger partial charge on any atom is -0.461 e. The molecule has 0 N–H and O–H groups in total. The summed E-state index contributed by atoms with van der Waals surface area (Å²) in [6.45, 7) is 1.94. The van der Waals surface area contributed by atoms with E-state index in [2.05, 4.69) is 4.98 Å². The Labute approximate surface area is 89.4 Å². The van der Waals surface area contributed by atoms with Crippen LogP contribution in [0.15, 0.2) is 34.9 Å². The lowest BCUT2D eigenvalue weighted by Gasteiger charge is -2.10. The first-order chi connectivity index (χ1) is 7.16. The average Bonchev–Trinajstić information content (AvgIpc) is 2.65. The number of aromatic nitrogens is 1. The quantitative estimate of drug-likeness (QED) is 0.749. The Bertz CT molecular complexity index is 443. The summed E-state index contributed by atoms with van der Waals surface area (Å²) in [7, 11) is 3.94. The van der Waals surface area contributed by atoms with E-state index in [4.69, 9.17) is 4.42 Å². The number of hydrogen-bond acceptors (Lipinski definition) is 3. The van der Waals surface area contributed by atoms with Gasteiger partial charge < -0.3 is 9.32 Å². The highest BCUT2D eigenvalue weighted by Crippen LogP contribution is 2.22. The predicted octanol–water partition coefficient (Wildman–Crippen LogP) is 2.72. The highest BCUT2D eigenvalue weighted by Gasteiger charge is 2.03. The molecule has 0 aliphatic rings. The van der Waals surface area contributed by atoms with Gasteiger partial charge in [0.15, 0.2) is 0 Å². The van der Waals surface area contributed by atoms with Crippen LogP contribution >= 0.6 is 0 Å². The molecule has 0 bridgehead atoms. The highest BCUT2D eigenvalue weighted by atomic mass is 16.3. The molecule has 0 aliphatic heterocycles. The van der Waals surface area contributed by atoms with Gasteiger partial charge in [-0.1, -0.05) is 0 Å². The third kappa shape index (κ3) is 2.01. The van der Waals surface area contributed by atoms with E-state index < -0.39 is 0 Å². The second-order valence-corrected chi connectivity index (χ2v) is 3.71. The summed E-state index contributed by atoms with van der Waals surface area (Å²) in [5.41, 5.74) is 1.01. The van der Waals surface area contributed by atoms with Crippen LogP contribution in [0.3, 0.4) is 0 Å². The van der Waals surface area contributed by atoms with Crippen molar-refractivity contribution in [3.05, 3.63) is 36.2 Å². The van der Waals surface area contributed by atoms with Crippen molar-refractivity contribution in [1.82, 2.24) is 4.98 Å². The van der Waals surface area contributed by atoms with Gasteiger partial charge in [-0.3, -0.25) is 0 Å². The molecule has 0 aliphatic carbocycles. The first-order valence-electron chi connectivity index (χ1n) is 4.87. The summed E-state index contributed by atoms with van der Waals surface area (Å²) in [6.07, 6.45) is 1.83. The third-order valence-electron chi connectivity index (χ3n) is 2.23. The maximum Gasteiger partial charge on any atom is 0.135 e. The van der Waals surface area contributed by atoms with Crippen LogP contribution in [0, 0.1) is 6.92 Å². The summed E-state index contributed by atoms with van der Waals surface area (Å²) in [5, 5.41) is 0. The fraction of sp³-hybridized carbons (Fsp3) is 0.250. The molecule has 3 nitrogen and oxygen atoms in total. The van der Waals surface area contributed by atoms with Gasteiger partial charge in [0.2, 0.25) is 0 Å². The average molecular weight is 202 g/mol. The molecule has 0 fully saturated rings. The zero-order chi connectivity index (χ0) is 10.8. The van der Waals surface area contributed by atoms with Crippen molar-refractivity contribution in [2.45, 2.75) is 6.92 Å². The molecule has 0 saturated carbocycles. The lowest BCUT2D eigenvalue weighted by Crippen LogP contribution is -2.09. The van der Waals surface area contributed by atoms with Crippen molar-refractivity contribution >= 4 is 5.82 Å². The molecule has 15 heavy (non-hydrogen) atoms. The molecule has 2 heterocycles. The van der Waals surface area contributed by atoms with E-state index in [1.165, 1.54) is 0 Å². The zero-order valence-corrected chi connectivity index (χ0v) is 9.19. The molecule has 0 unspecified atom stereocenters. The fourth-order valence-electron chi connectivity index (χ4n) is 1.39. The summed E-state index contributed by atoms with van der Waals surface area (Å²) in [5.74, 6) is 2.73. The van der Waals surface area contributed by atoms with Gasteiger partial charge >= 0.3 is 0 Å². The lowest BCUT2D eigenvalue weighted by atomic mass is 10.2. The van der Waals surface area contributed by atoms with E-state index in [-0.39, 0.29) is 0 Å². The van der Waals surface area contributed by atoms with Gasteiger partial charge in [-0.15, -0.1) is 0 Å². The third-order valence-corrected chi connectivity index (χ3v) is 2.23. The Kier molecular flexibility index (Phi) is 2.46. The standard InChI is InChI=1S/C12H14N2O/c1-9-4-6-11(15-9)10-5-7-12(13-8-10)14(2)3/h4-8H,1-3H3. The second kappa shape index (κ2) is 3.77. The molecule has 2 aromatic heterocycles. The number of hydrogen-bond donors (Lipinski definition) is 0. The molecular formula is C12H14N2O. The molecule has 0 radical (unpaired) electrons. The van der Waals surface area contributed by atoms with Crippen LogP contribution in [0.2, 0.25) is 0 Å². The van der Waals surface area contributed by atoms with Gasteiger partial charge in [-0.2, -0.15) is 0 Å². The molecule has 3 heteroatoms. The molecule has 2 rings (SSSR count). The van der Waals surface area contributed by atoms with Crippen LogP contribution in [-0.4, -0.2) is 19.1 Å². The van der Waals surface area contributed by atoms with Gasteiger partial charge in [0.1, 0.15) is 17.3 Å². The number of nitrogens with zero attached hydrogens (tertiary/aromatic N) is 2. The normalized spacial score (nSPS) is 10.3. The van der Waals surface area contributed by atoms with E-state index >= 15 is 0 Å². The van der Waals surface area contributed by atoms with Gasteiger partial charge in [0, 0.05) is 25.9 Å². The van der Waals surface area contributed by atoms with E-state index in [0.717, 1.165) is 22.9 Å². The van der Waals surface area contributed by atoms with Crippen LogP contribution in [-0.2, 0) is 0 Å². The molecule has 0 atom stereocenters. The predicted molar refractivity (Wildman–Crippen MR) is 61.0 cm³/mol. The summed E-state index contributed by atoms with van der Waals surface area (Å²) in [6, 6.07) is 7.91. The second-order valence-electron chi connectivity index (χ2n) is 3.71. The number of furan rings is 1. The van der Waals surface area contributed by atoms with Crippen molar-refractivity contribution in [3.63, 3.8) is 0 Å². The van der Waals surface area contributed by atoms with Crippen LogP contribution < -0.4 is 4.90 Å². The Morgan fingerprint density at radius 1 is 1.13 bits per heavy atom. The Morgan fingerprint density at radius 3 is 2.40 bits per heavy atom. The molecule has 0 spiro atoms. The van der Waals surface area contributed by atoms with Crippen molar-refractivity contribution in [2.75, 3.05) is 19.0 Å². The van der Waals surface area contributed by atoms with Crippen molar-refractivity contribution in [3.8, 4) is 11.3 Å².